The van der Waals surface area contributed by atoms with E-state index >= 15 is 0 Å². The van der Waals surface area contributed by atoms with Crippen molar-refractivity contribution in [1.82, 2.24) is 4.90 Å². The fraction of sp³-hybridized carbons (Fsp3) is 0.267. The van der Waals surface area contributed by atoms with E-state index < -0.39 is 23.6 Å². The third kappa shape index (κ3) is 2.64. The van der Waals surface area contributed by atoms with Crippen molar-refractivity contribution < 1.29 is 19.4 Å². The molecule has 0 saturated carbocycles. The van der Waals surface area contributed by atoms with E-state index in [0.29, 0.717) is 18.7 Å². The first kappa shape index (κ1) is 14.0. The second kappa shape index (κ2) is 5.46. The monoisotopic (exact) mass is 307 g/mol. The molecular weight excluding hydrogens is 293 g/mol. The topological polar surface area (TPSA) is 60.8 Å². The molecule has 0 spiro atoms. The van der Waals surface area contributed by atoms with Crippen LogP contribution < -0.4 is 0 Å². The van der Waals surface area contributed by atoms with Crippen LogP contribution in [-0.2, 0) is 17.8 Å². The summed E-state index contributed by atoms with van der Waals surface area (Å²) in [4.78, 5) is 14.5. The summed E-state index contributed by atoms with van der Waals surface area (Å²) in [5, 5.41) is 20.6. The third-order valence-electron chi connectivity index (χ3n) is 3.70. The zero-order valence-corrected chi connectivity index (χ0v) is 11.9. The van der Waals surface area contributed by atoms with Crippen LogP contribution in [0.5, 0.6) is 5.75 Å². The van der Waals surface area contributed by atoms with Gasteiger partial charge in [0.25, 0.3) is 0 Å². The zero-order chi connectivity index (χ0) is 15.0. The van der Waals surface area contributed by atoms with Gasteiger partial charge in [0.1, 0.15) is 6.04 Å². The Labute approximate surface area is 125 Å². The minimum Gasteiger partial charge on any atom is -0.505 e. The minimum absolute atomic E-state index is 0.337. The highest BCUT2D eigenvalue weighted by atomic mass is 32.1. The largest absolute Gasteiger partial charge is 0.505 e. The SMILES string of the molecule is O=C(O)C1c2ccsc2CCN1Cc1ccc(O)c(F)c1. The number of carboxylic acid groups (broad SMARTS) is 1. The molecule has 0 radical (unpaired) electrons. The number of halogens is 1. The lowest BCUT2D eigenvalue weighted by atomic mass is 9.99. The van der Waals surface area contributed by atoms with Crippen LogP contribution in [0, 0.1) is 5.82 Å². The van der Waals surface area contributed by atoms with Gasteiger partial charge in [-0.05, 0) is 41.1 Å². The Bertz CT molecular complexity index is 685. The smallest absolute Gasteiger partial charge is 0.325 e. The van der Waals surface area contributed by atoms with Gasteiger partial charge in [-0.1, -0.05) is 6.07 Å². The first-order valence-electron chi connectivity index (χ1n) is 6.57. The van der Waals surface area contributed by atoms with Gasteiger partial charge in [-0.15, -0.1) is 11.3 Å². The standard InChI is InChI=1S/C15H14FNO3S/c16-11-7-9(1-2-12(11)18)8-17-5-3-13-10(4-6-21-13)14(17)15(19)20/h1-2,4,6-7,14,18H,3,5,8H2,(H,19,20). The first-order chi connectivity index (χ1) is 10.1. The van der Waals surface area contributed by atoms with E-state index in [4.69, 9.17) is 0 Å². The molecule has 1 aromatic carbocycles. The second-order valence-electron chi connectivity index (χ2n) is 5.05. The molecule has 1 aromatic heterocycles. The van der Waals surface area contributed by atoms with Crippen molar-refractivity contribution in [2.75, 3.05) is 6.54 Å². The van der Waals surface area contributed by atoms with Crippen LogP contribution in [-0.4, -0.2) is 27.6 Å². The minimum atomic E-state index is -0.895. The van der Waals surface area contributed by atoms with Gasteiger partial charge in [0.15, 0.2) is 11.6 Å². The molecular formula is C15H14FNO3S. The lowest BCUT2D eigenvalue weighted by molar-refractivity contribution is -0.144. The Balaban J connectivity index is 1.88. The van der Waals surface area contributed by atoms with Crippen LogP contribution in [0.4, 0.5) is 4.39 Å². The lowest BCUT2D eigenvalue weighted by Gasteiger charge is -2.33. The van der Waals surface area contributed by atoms with Gasteiger partial charge in [-0.2, -0.15) is 0 Å². The Morgan fingerprint density at radius 1 is 1.43 bits per heavy atom. The van der Waals surface area contributed by atoms with E-state index in [1.165, 1.54) is 12.1 Å². The molecule has 0 aliphatic carbocycles. The number of carbonyl (C=O) groups is 1. The number of hydrogen-bond acceptors (Lipinski definition) is 4. The van der Waals surface area contributed by atoms with E-state index in [0.717, 1.165) is 16.9 Å². The van der Waals surface area contributed by atoms with Crippen LogP contribution in [0.3, 0.4) is 0 Å². The van der Waals surface area contributed by atoms with Crippen LogP contribution in [0.15, 0.2) is 29.6 Å². The number of fused-ring (bicyclic) bond motifs is 1. The van der Waals surface area contributed by atoms with E-state index in [1.807, 2.05) is 16.3 Å². The van der Waals surface area contributed by atoms with Gasteiger partial charge in [-0.3, -0.25) is 9.69 Å². The van der Waals surface area contributed by atoms with Crippen molar-refractivity contribution >= 4 is 17.3 Å². The summed E-state index contributed by atoms with van der Waals surface area (Å²) in [6.07, 6.45) is 0.803. The molecule has 2 aromatic rings. The normalized spacial score (nSPS) is 18.4. The molecule has 6 heteroatoms. The van der Waals surface area contributed by atoms with Crippen LogP contribution >= 0.6 is 11.3 Å². The number of hydrogen-bond donors (Lipinski definition) is 2. The highest BCUT2D eigenvalue weighted by Crippen LogP contribution is 2.34. The molecule has 2 N–H and O–H groups in total. The molecule has 4 nitrogen and oxygen atoms in total. The fourth-order valence-corrected chi connectivity index (χ4v) is 3.61. The number of nitrogens with zero attached hydrogens (tertiary/aromatic N) is 1. The van der Waals surface area contributed by atoms with Gasteiger partial charge in [0.05, 0.1) is 0 Å². The number of phenolic OH excluding ortho intramolecular Hbond substituents is 1. The Kier molecular flexibility index (Phi) is 3.65. The summed E-state index contributed by atoms with van der Waals surface area (Å²) in [5.41, 5.74) is 1.48. The Morgan fingerprint density at radius 3 is 2.95 bits per heavy atom. The molecule has 1 atom stereocenters. The Hall–Kier alpha value is -1.92. The summed E-state index contributed by atoms with van der Waals surface area (Å²) >= 11 is 1.58. The molecule has 0 bridgehead atoms. The zero-order valence-electron chi connectivity index (χ0n) is 11.1. The maximum atomic E-state index is 13.4. The number of aromatic hydroxyl groups is 1. The molecule has 3 rings (SSSR count). The molecule has 0 saturated heterocycles. The van der Waals surface area contributed by atoms with Crippen molar-refractivity contribution in [3.8, 4) is 5.75 Å². The second-order valence-corrected chi connectivity index (χ2v) is 6.05. The molecule has 0 fully saturated rings. The van der Waals surface area contributed by atoms with Gasteiger partial charge >= 0.3 is 5.97 Å². The highest BCUT2D eigenvalue weighted by molar-refractivity contribution is 7.10. The average Bonchev–Trinajstić information content (AvgIpc) is 2.90. The number of carboxylic acids is 1. The summed E-state index contributed by atoms with van der Waals surface area (Å²) in [6.45, 7) is 0.955. The van der Waals surface area contributed by atoms with Gasteiger partial charge in [0, 0.05) is 18.0 Å². The molecule has 2 heterocycles. The molecule has 110 valence electrons. The maximum absolute atomic E-state index is 13.4. The highest BCUT2D eigenvalue weighted by Gasteiger charge is 2.33. The molecule has 21 heavy (non-hydrogen) atoms. The molecule has 0 amide bonds. The number of aliphatic carboxylic acids is 1. The van der Waals surface area contributed by atoms with Gasteiger partial charge in [-0.25, -0.2) is 4.39 Å². The van der Waals surface area contributed by atoms with Crippen LogP contribution in [0.2, 0.25) is 0 Å². The number of thiophene rings is 1. The van der Waals surface area contributed by atoms with Crippen LogP contribution in [0.1, 0.15) is 22.0 Å². The summed E-state index contributed by atoms with van der Waals surface area (Å²) in [6, 6.07) is 5.30. The van der Waals surface area contributed by atoms with Gasteiger partial charge in [0.2, 0.25) is 0 Å². The summed E-state index contributed by atoms with van der Waals surface area (Å²) in [7, 11) is 0. The third-order valence-corrected chi connectivity index (χ3v) is 4.69. The fourth-order valence-electron chi connectivity index (χ4n) is 2.71. The molecule has 1 aliphatic rings. The van der Waals surface area contributed by atoms with Crippen molar-refractivity contribution in [1.29, 1.82) is 0 Å². The van der Waals surface area contributed by atoms with Crippen molar-refractivity contribution in [3.63, 3.8) is 0 Å². The Morgan fingerprint density at radius 2 is 2.24 bits per heavy atom. The number of benzene rings is 1. The van der Waals surface area contributed by atoms with Crippen molar-refractivity contribution in [2.24, 2.45) is 0 Å². The number of rotatable bonds is 3. The predicted molar refractivity (Wildman–Crippen MR) is 76.9 cm³/mol. The van der Waals surface area contributed by atoms with Crippen molar-refractivity contribution in [3.05, 3.63) is 51.5 Å². The van der Waals surface area contributed by atoms with Crippen LogP contribution in [0.25, 0.3) is 0 Å². The van der Waals surface area contributed by atoms with E-state index in [-0.39, 0.29) is 0 Å². The maximum Gasteiger partial charge on any atom is 0.325 e. The molecule has 1 aliphatic heterocycles. The number of phenols is 1. The molecule has 1 unspecified atom stereocenters. The quantitative estimate of drug-likeness (QED) is 0.915. The predicted octanol–water partition coefficient (Wildman–Crippen LogP) is 2.78. The van der Waals surface area contributed by atoms with Crippen molar-refractivity contribution in [2.45, 2.75) is 19.0 Å². The van der Waals surface area contributed by atoms with E-state index in [2.05, 4.69) is 0 Å². The lowest BCUT2D eigenvalue weighted by Crippen LogP contribution is -2.38. The average molecular weight is 307 g/mol. The summed E-state index contributed by atoms with van der Waals surface area (Å²) < 4.78 is 13.4. The summed E-state index contributed by atoms with van der Waals surface area (Å²) in [5.74, 6) is -1.98. The van der Waals surface area contributed by atoms with E-state index in [1.54, 1.807) is 17.4 Å². The van der Waals surface area contributed by atoms with Gasteiger partial charge < -0.3 is 10.2 Å². The first-order valence-corrected chi connectivity index (χ1v) is 7.44. The van der Waals surface area contributed by atoms with E-state index in [9.17, 15) is 19.4 Å².